The Kier molecular flexibility index (Phi) is 10.9. The van der Waals surface area contributed by atoms with Gasteiger partial charge >= 0.3 is 0 Å². The van der Waals surface area contributed by atoms with Gasteiger partial charge in [0.05, 0.1) is 0 Å². The molecule has 2 heteroatoms. The van der Waals surface area contributed by atoms with Gasteiger partial charge in [-0.1, -0.05) is 64.3 Å². The topological polar surface area (TPSA) is 17.1 Å². The largest absolute Gasteiger partial charge is 0.300 e. The highest BCUT2D eigenvalue weighted by Gasteiger charge is 2.12. The predicted molar refractivity (Wildman–Crippen MR) is 115 cm³/mol. The molecule has 1 rings (SSSR count). The Balaban J connectivity index is 2.48. The lowest BCUT2D eigenvalue weighted by atomic mass is 9.91. The Hall–Kier alpha value is -1.70. The van der Waals surface area contributed by atoms with E-state index in [4.69, 9.17) is 0 Å². The number of benzene rings is 1. The smallest absolute Gasteiger partial charge is 0.133 e. The highest BCUT2D eigenvalue weighted by molar-refractivity contribution is 5.78. The molecule has 0 heterocycles. The average Bonchev–Trinajstić information content (AvgIpc) is 2.61. The molecule has 150 valence electrons. The van der Waals surface area contributed by atoms with Crippen LogP contribution in [0, 0.1) is 17.7 Å². The molecule has 0 fully saturated rings. The Morgan fingerprint density at radius 2 is 1.81 bits per heavy atom. The number of ketones is 1. The molecule has 0 bridgehead atoms. The highest BCUT2D eigenvalue weighted by Crippen LogP contribution is 2.25. The van der Waals surface area contributed by atoms with Gasteiger partial charge in [-0.25, -0.2) is 4.39 Å². The zero-order chi connectivity index (χ0) is 20.2. The summed E-state index contributed by atoms with van der Waals surface area (Å²) in [5.41, 5.74) is 1.89. The first-order chi connectivity index (χ1) is 12.8. The van der Waals surface area contributed by atoms with E-state index < -0.39 is 0 Å². The van der Waals surface area contributed by atoms with E-state index in [1.54, 1.807) is 13.0 Å². The number of rotatable bonds is 13. The third-order valence-corrected chi connectivity index (χ3v) is 5.21. The quantitative estimate of drug-likeness (QED) is 0.256. The van der Waals surface area contributed by atoms with Gasteiger partial charge in [-0.2, -0.15) is 0 Å². The number of carbonyl (C=O) groups is 1. The molecular formula is C25H37FO. The van der Waals surface area contributed by atoms with Gasteiger partial charge in [0.2, 0.25) is 0 Å². The Labute approximate surface area is 165 Å². The van der Waals surface area contributed by atoms with Crippen LogP contribution in [0.25, 0.3) is 6.08 Å². The number of Topliss-reactive ketones (excluding diaryl/α,β-unsaturated/α-hetero) is 1. The van der Waals surface area contributed by atoms with Crippen molar-refractivity contribution in [2.75, 3.05) is 0 Å². The SMILES string of the molecule is C=CCC(CCCCCC(C)c1ccc(F)c(/C=C\CC(C)C)c1)C(C)=O. The third kappa shape index (κ3) is 9.17. The van der Waals surface area contributed by atoms with E-state index in [9.17, 15) is 9.18 Å². The number of hydrogen-bond acceptors (Lipinski definition) is 1. The average molecular weight is 373 g/mol. The van der Waals surface area contributed by atoms with Crippen LogP contribution in [0.3, 0.4) is 0 Å². The highest BCUT2D eigenvalue weighted by atomic mass is 19.1. The zero-order valence-corrected chi connectivity index (χ0v) is 17.6. The summed E-state index contributed by atoms with van der Waals surface area (Å²) in [7, 11) is 0. The van der Waals surface area contributed by atoms with Gasteiger partial charge in [-0.15, -0.1) is 6.58 Å². The first-order valence-corrected chi connectivity index (χ1v) is 10.4. The molecule has 2 unspecified atom stereocenters. The summed E-state index contributed by atoms with van der Waals surface area (Å²) in [5, 5.41) is 0. The van der Waals surface area contributed by atoms with Crippen molar-refractivity contribution in [2.45, 2.75) is 78.6 Å². The van der Waals surface area contributed by atoms with Gasteiger partial charge in [-0.05, 0) is 62.1 Å². The number of unbranched alkanes of at least 4 members (excludes halogenated alkanes) is 2. The molecule has 0 amide bonds. The fourth-order valence-corrected chi connectivity index (χ4v) is 3.34. The molecule has 0 saturated heterocycles. The maximum absolute atomic E-state index is 14.0. The second kappa shape index (κ2) is 12.6. The number of hydrogen-bond donors (Lipinski definition) is 0. The number of carbonyl (C=O) groups excluding carboxylic acids is 1. The molecule has 1 nitrogen and oxygen atoms in total. The zero-order valence-electron chi connectivity index (χ0n) is 17.6. The van der Waals surface area contributed by atoms with Crippen molar-refractivity contribution in [2.24, 2.45) is 11.8 Å². The summed E-state index contributed by atoms with van der Waals surface area (Å²) in [4.78, 5) is 11.6. The van der Waals surface area contributed by atoms with Gasteiger partial charge in [-0.3, -0.25) is 4.79 Å². The first-order valence-electron chi connectivity index (χ1n) is 10.4. The second-order valence-electron chi connectivity index (χ2n) is 8.18. The van der Waals surface area contributed by atoms with Gasteiger partial charge in [0, 0.05) is 11.5 Å². The Morgan fingerprint density at radius 1 is 1.11 bits per heavy atom. The van der Waals surface area contributed by atoms with Crippen LogP contribution in [-0.4, -0.2) is 5.78 Å². The number of halogens is 1. The number of allylic oxidation sites excluding steroid dienone is 2. The van der Waals surface area contributed by atoms with E-state index in [0.717, 1.165) is 44.9 Å². The monoisotopic (exact) mass is 372 g/mol. The molecule has 0 saturated carbocycles. The normalized spacial score (nSPS) is 13.9. The van der Waals surface area contributed by atoms with Crippen molar-refractivity contribution in [1.82, 2.24) is 0 Å². The lowest BCUT2D eigenvalue weighted by Gasteiger charge is -2.14. The molecule has 0 spiro atoms. The summed E-state index contributed by atoms with van der Waals surface area (Å²) >= 11 is 0. The van der Waals surface area contributed by atoms with E-state index in [1.807, 2.05) is 24.3 Å². The van der Waals surface area contributed by atoms with Crippen LogP contribution in [0.15, 0.2) is 36.9 Å². The fourth-order valence-electron chi connectivity index (χ4n) is 3.34. The van der Waals surface area contributed by atoms with Crippen LogP contribution >= 0.6 is 0 Å². The van der Waals surface area contributed by atoms with Gasteiger partial charge in [0.1, 0.15) is 11.6 Å². The van der Waals surface area contributed by atoms with Crippen molar-refractivity contribution >= 4 is 11.9 Å². The summed E-state index contributed by atoms with van der Waals surface area (Å²) in [6.45, 7) is 12.0. The van der Waals surface area contributed by atoms with Crippen molar-refractivity contribution in [1.29, 1.82) is 0 Å². The van der Waals surface area contributed by atoms with E-state index in [-0.39, 0.29) is 17.5 Å². The third-order valence-electron chi connectivity index (χ3n) is 5.21. The van der Waals surface area contributed by atoms with E-state index in [2.05, 4.69) is 33.4 Å². The summed E-state index contributed by atoms with van der Waals surface area (Å²) < 4.78 is 14.0. The van der Waals surface area contributed by atoms with Crippen molar-refractivity contribution in [3.05, 3.63) is 53.9 Å². The minimum Gasteiger partial charge on any atom is -0.300 e. The minimum absolute atomic E-state index is 0.136. The van der Waals surface area contributed by atoms with Gasteiger partial charge < -0.3 is 0 Å². The second-order valence-corrected chi connectivity index (χ2v) is 8.18. The van der Waals surface area contributed by atoms with Crippen molar-refractivity contribution in [3.8, 4) is 0 Å². The lowest BCUT2D eigenvalue weighted by Crippen LogP contribution is -2.09. The van der Waals surface area contributed by atoms with E-state index >= 15 is 0 Å². The molecule has 0 N–H and O–H groups in total. The van der Waals surface area contributed by atoms with E-state index in [0.29, 0.717) is 17.4 Å². The molecule has 0 aliphatic heterocycles. The lowest BCUT2D eigenvalue weighted by molar-refractivity contribution is -0.120. The fraction of sp³-hybridized carbons (Fsp3) is 0.560. The molecule has 0 aliphatic carbocycles. The molecule has 0 radical (unpaired) electrons. The van der Waals surface area contributed by atoms with Crippen LogP contribution in [0.2, 0.25) is 0 Å². The Morgan fingerprint density at radius 3 is 2.44 bits per heavy atom. The van der Waals surface area contributed by atoms with Crippen LogP contribution in [-0.2, 0) is 4.79 Å². The summed E-state index contributed by atoms with van der Waals surface area (Å²) in [6.07, 6.45) is 13.0. The van der Waals surface area contributed by atoms with Crippen molar-refractivity contribution in [3.63, 3.8) is 0 Å². The van der Waals surface area contributed by atoms with Gasteiger partial charge in [0.25, 0.3) is 0 Å². The molecule has 1 aromatic rings. The molecule has 0 aliphatic rings. The predicted octanol–water partition coefficient (Wildman–Crippen LogP) is 7.72. The molecule has 1 aromatic carbocycles. The summed E-state index contributed by atoms with van der Waals surface area (Å²) in [5.74, 6) is 1.26. The van der Waals surface area contributed by atoms with Gasteiger partial charge in [0.15, 0.2) is 0 Å². The molecular weight excluding hydrogens is 335 g/mol. The maximum Gasteiger partial charge on any atom is 0.133 e. The van der Waals surface area contributed by atoms with E-state index in [1.165, 1.54) is 5.56 Å². The van der Waals surface area contributed by atoms with Crippen LogP contribution in [0.5, 0.6) is 0 Å². The van der Waals surface area contributed by atoms with Crippen LogP contribution in [0.1, 0.15) is 89.7 Å². The van der Waals surface area contributed by atoms with Crippen LogP contribution < -0.4 is 0 Å². The molecule has 27 heavy (non-hydrogen) atoms. The Bertz CT molecular complexity index is 615. The molecule has 0 aromatic heterocycles. The first kappa shape index (κ1) is 23.3. The van der Waals surface area contributed by atoms with Crippen LogP contribution in [0.4, 0.5) is 4.39 Å². The van der Waals surface area contributed by atoms with Crippen molar-refractivity contribution < 1.29 is 9.18 Å². The summed E-state index contributed by atoms with van der Waals surface area (Å²) in [6, 6.07) is 5.50. The molecule has 2 atom stereocenters. The standard InChI is InChI=1S/C25H37FO/c1-6-11-22(21(5)27)14-9-7-8-13-20(4)23-16-17-25(26)24(18-23)15-10-12-19(2)3/h6,10,15-20,22H,1,7-9,11-14H2,2-5H3/b15-10-. The maximum atomic E-state index is 14.0. The minimum atomic E-state index is -0.150.